The van der Waals surface area contributed by atoms with E-state index in [4.69, 9.17) is 11.5 Å². The van der Waals surface area contributed by atoms with Gasteiger partial charge in [0.05, 0.1) is 0 Å². The molecule has 1 amide bonds. The van der Waals surface area contributed by atoms with Gasteiger partial charge in [-0.25, -0.2) is 0 Å². The molecule has 0 bridgehead atoms. The molecule has 0 aliphatic rings. The van der Waals surface area contributed by atoms with E-state index in [2.05, 4.69) is 4.99 Å². The van der Waals surface area contributed by atoms with Gasteiger partial charge in [0.15, 0.2) is 5.96 Å². The molecule has 0 heterocycles. The minimum absolute atomic E-state index is 0.231. The third-order valence-electron chi connectivity index (χ3n) is 2.84. The van der Waals surface area contributed by atoms with E-state index in [0.29, 0.717) is 5.56 Å². The molecule has 19 heavy (non-hydrogen) atoms. The molecule has 0 aliphatic heterocycles. The number of nitrogens with zero attached hydrogens (tertiary/aromatic N) is 2. The highest BCUT2D eigenvalue weighted by Crippen LogP contribution is 2.28. The molecule has 0 radical (unpaired) electrons. The lowest BCUT2D eigenvalue weighted by atomic mass is 10.0. The molecule has 2 aromatic rings. The van der Waals surface area contributed by atoms with Crippen LogP contribution in [-0.2, 0) is 0 Å². The van der Waals surface area contributed by atoms with Gasteiger partial charge in [-0.05, 0) is 17.5 Å². The lowest BCUT2D eigenvalue weighted by Gasteiger charge is -2.16. The quantitative estimate of drug-likeness (QED) is 0.627. The average molecular weight is 256 g/mol. The predicted octanol–water partition coefficient (Wildman–Crippen LogP) is 1.32. The van der Waals surface area contributed by atoms with E-state index in [9.17, 15) is 4.79 Å². The molecular weight excluding hydrogens is 240 g/mol. The summed E-state index contributed by atoms with van der Waals surface area (Å²) in [5.41, 5.74) is 12.0. The smallest absolute Gasteiger partial charge is 0.280 e. The van der Waals surface area contributed by atoms with Crippen molar-refractivity contribution in [1.29, 1.82) is 0 Å². The molecule has 5 nitrogen and oxygen atoms in total. The van der Waals surface area contributed by atoms with Crippen LogP contribution in [0.15, 0.2) is 41.4 Å². The van der Waals surface area contributed by atoms with Crippen LogP contribution in [0.1, 0.15) is 10.4 Å². The first-order valence-electron chi connectivity index (χ1n) is 5.83. The van der Waals surface area contributed by atoms with Crippen molar-refractivity contribution >= 4 is 28.3 Å². The number of benzene rings is 2. The highest BCUT2D eigenvalue weighted by molar-refractivity contribution is 6.13. The third kappa shape index (κ3) is 2.49. The highest BCUT2D eigenvalue weighted by Gasteiger charge is 2.12. The number of aliphatic imine (C=N–C) groups is 1. The van der Waals surface area contributed by atoms with E-state index < -0.39 is 5.91 Å². The van der Waals surface area contributed by atoms with Gasteiger partial charge in [0.1, 0.15) is 0 Å². The average Bonchev–Trinajstić information content (AvgIpc) is 2.36. The Morgan fingerprint density at radius 2 is 1.68 bits per heavy atom. The normalized spacial score (nSPS) is 10.2. The number of hydrogen-bond donors (Lipinski definition) is 2. The van der Waals surface area contributed by atoms with Crippen LogP contribution in [0.2, 0.25) is 0 Å². The molecule has 4 N–H and O–H groups in total. The second-order valence-corrected chi connectivity index (χ2v) is 4.41. The van der Waals surface area contributed by atoms with Gasteiger partial charge in [0, 0.05) is 30.7 Å². The SMILES string of the molecule is CN(C)c1ccc(C(=O)N=C(N)N)c2ccccc12. The van der Waals surface area contributed by atoms with Gasteiger partial charge in [-0.3, -0.25) is 4.79 Å². The summed E-state index contributed by atoms with van der Waals surface area (Å²) in [6.45, 7) is 0. The van der Waals surface area contributed by atoms with E-state index in [1.165, 1.54) is 0 Å². The molecule has 2 aromatic carbocycles. The van der Waals surface area contributed by atoms with Crippen LogP contribution in [0.4, 0.5) is 5.69 Å². The number of rotatable bonds is 2. The van der Waals surface area contributed by atoms with Crippen molar-refractivity contribution in [2.24, 2.45) is 16.5 Å². The summed E-state index contributed by atoms with van der Waals surface area (Å²) in [6, 6.07) is 11.3. The first kappa shape index (κ1) is 12.9. The summed E-state index contributed by atoms with van der Waals surface area (Å²) in [4.78, 5) is 17.6. The first-order valence-corrected chi connectivity index (χ1v) is 5.83. The number of amides is 1. The lowest BCUT2D eigenvalue weighted by molar-refractivity contribution is 0.100. The number of nitrogens with two attached hydrogens (primary N) is 2. The van der Waals surface area contributed by atoms with E-state index in [0.717, 1.165) is 16.5 Å². The Hall–Kier alpha value is -2.56. The molecule has 0 saturated heterocycles. The molecule has 0 fully saturated rings. The lowest BCUT2D eigenvalue weighted by Crippen LogP contribution is -2.24. The van der Waals surface area contributed by atoms with Crippen LogP contribution in [0.5, 0.6) is 0 Å². The van der Waals surface area contributed by atoms with Crippen molar-refractivity contribution in [2.75, 3.05) is 19.0 Å². The molecular formula is C14H16N4O. The minimum Gasteiger partial charge on any atom is -0.377 e. The molecule has 2 rings (SSSR count). The largest absolute Gasteiger partial charge is 0.377 e. The topological polar surface area (TPSA) is 84.7 Å². The van der Waals surface area contributed by atoms with Crippen LogP contribution >= 0.6 is 0 Å². The minimum atomic E-state index is -0.429. The second kappa shape index (κ2) is 4.97. The van der Waals surface area contributed by atoms with Gasteiger partial charge in [-0.15, -0.1) is 0 Å². The molecule has 0 aliphatic carbocycles. The Morgan fingerprint density at radius 1 is 1.05 bits per heavy atom. The Balaban J connectivity index is 2.69. The van der Waals surface area contributed by atoms with Crippen LogP contribution in [0, 0.1) is 0 Å². The van der Waals surface area contributed by atoms with Crippen molar-refractivity contribution in [2.45, 2.75) is 0 Å². The van der Waals surface area contributed by atoms with Gasteiger partial charge in [0.2, 0.25) is 0 Å². The second-order valence-electron chi connectivity index (χ2n) is 4.41. The van der Waals surface area contributed by atoms with Gasteiger partial charge >= 0.3 is 0 Å². The van der Waals surface area contributed by atoms with Gasteiger partial charge in [-0.2, -0.15) is 4.99 Å². The zero-order valence-corrected chi connectivity index (χ0v) is 10.9. The standard InChI is InChI=1S/C14H16N4O/c1-18(2)12-8-7-11(13(19)17-14(15)16)9-5-3-4-6-10(9)12/h3-8H,1-2H3,(H4,15,16,17,19). The van der Waals surface area contributed by atoms with Crippen molar-refractivity contribution in [1.82, 2.24) is 0 Å². The summed E-state index contributed by atoms with van der Waals surface area (Å²) in [6.07, 6.45) is 0. The van der Waals surface area contributed by atoms with Gasteiger partial charge < -0.3 is 16.4 Å². The molecule has 98 valence electrons. The Bertz CT molecular complexity index is 658. The predicted molar refractivity (Wildman–Crippen MR) is 78.4 cm³/mol. The van der Waals surface area contributed by atoms with E-state index in [1.807, 2.05) is 49.3 Å². The molecule has 0 atom stereocenters. The fraction of sp³-hybridized carbons (Fsp3) is 0.143. The Labute approximate surface area is 111 Å². The summed E-state index contributed by atoms with van der Waals surface area (Å²) in [5.74, 6) is -0.660. The number of carbonyl (C=O) groups excluding carboxylic acids is 1. The fourth-order valence-corrected chi connectivity index (χ4v) is 2.04. The number of anilines is 1. The highest BCUT2D eigenvalue weighted by atomic mass is 16.1. The maximum atomic E-state index is 12.0. The van der Waals surface area contributed by atoms with Crippen molar-refractivity contribution in [3.05, 3.63) is 42.0 Å². The molecule has 0 saturated carbocycles. The van der Waals surface area contributed by atoms with E-state index in [-0.39, 0.29) is 5.96 Å². The number of fused-ring (bicyclic) bond motifs is 1. The van der Waals surface area contributed by atoms with E-state index >= 15 is 0 Å². The van der Waals surface area contributed by atoms with Crippen molar-refractivity contribution in [3.63, 3.8) is 0 Å². The maximum absolute atomic E-state index is 12.0. The summed E-state index contributed by atoms with van der Waals surface area (Å²) >= 11 is 0. The van der Waals surface area contributed by atoms with E-state index in [1.54, 1.807) is 6.07 Å². The van der Waals surface area contributed by atoms with Gasteiger partial charge in [0.25, 0.3) is 5.91 Å². The molecule has 0 aromatic heterocycles. The fourth-order valence-electron chi connectivity index (χ4n) is 2.04. The van der Waals surface area contributed by atoms with Crippen LogP contribution in [0.25, 0.3) is 10.8 Å². The third-order valence-corrected chi connectivity index (χ3v) is 2.84. The zero-order valence-electron chi connectivity index (χ0n) is 10.9. The van der Waals surface area contributed by atoms with Crippen LogP contribution < -0.4 is 16.4 Å². The van der Waals surface area contributed by atoms with Crippen molar-refractivity contribution < 1.29 is 4.79 Å². The number of carbonyl (C=O) groups is 1. The van der Waals surface area contributed by atoms with Crippen LogP contribution in [-0.4, -0.2) is 26.0 Å². The molecule has 0 spiro atoms. The molecule has 0 unspecified atom stereocenters. The summed E-state index contributed by atoms with van der Waals surface area (Å²) < 4.78 is 0. The van der Waals surface area contributed by atoms with Crippen LogP contribution in [0.3, 0.4) is 0 Å². The Morgan fingerprint density at radius 3 is 2.26 bits per heavy atom. The Kier molecular flexibility index (Phi) is 3.37. The molecule has 5 heteroatoms. The monoisotopic (exact) mass is 256 g/mol. The first-order chi connectivity index (χ1) is 9.00. The van der Waals surface area contributed by atoms with Gasteiger partial charge in [-0.1, -0.05) is 24.3 Å². The number of guanidine groups is 1. The number of hydrogen-bond acceptors (Lipinski definition) is 2. The summed E-state index contributed by atoms with van der Waals surface area (Å²) in [7, 11) is 3.92. The van der Waals surface area contributed by atoms with Crippen molar-refractivity contribution in [3.8, 4) is 0 Å². The summed E-state index contributed by atoms with van der Waals surface area (Å²) in [5, 5.41) is 1.83. The maximum Gasteiger partial charge on any atom is 0.280 e. The zero-order chi connectivity index (χ0) is 14.0.